The number of rotatable bonds is 2. The van der Waals surface area contributed by atoms with Crippen molar-refractivity contribution in [3.05, 3.63) is 29.6 Å². The SMILES string of the molecule is CC1CN(c2ccc(F)cc2C(N)=S)S(=O)(=O)C1. The van der Waals surface area contributed by atoms with Crippen LogP contribution in [0.25, 0.3) is 0 Å². The van der Waals surface area contributed by atoms with Gasteiger partial charge in [-0.05, 0) is 24.1 Å². The highest BCUT2D eigenvalue weighted by molar-refractivity contribution is 7.93. The molecule has 1 aliphatic heterocycles. The molecular formula is C11H13FN2O2S2. The number of hydrogen-bond acceptors (Lipinski definition) is 3. The normalized spacial score (nSPS) is 22.1. The molecule has 1 unspecified atom stereocenters. The van der Waals surface area contributed by atoms with Crippen LogP contribution in [-0.2, 0) is 10.0 Å². The molecule has 1 atom stereocenters. The van der Waals surface area contributed by atoms with Gasteiger partial charge in [-0.15, -0.1) is 0 Å². The second-order valence-electron chi connectivity index (χ2n) is 4.44. The number of nitrogens with two attached hydrogens (primary N) is 1. The number of sulfonamides is 1. The maximum atomic E-state index is 13.2. The van der Waals surface area contributed by atoms with Gasteiger partial charge in [0.1, 0.15) is 10.8 Å². The fourth-order valence-corrected chi connectivity index (χ4v) is 4.18. The van der Waals surface area contributed by atoms with Crippen molar-refractivity contribution in [2.45, 2.75) is 6.92 Å². The number of thiocarbonyl (C=S) groups is 1. The highest BCUT2D eigenvalue weighted by atomic mass is 32.2. The molecule has 0 saturated carbocycles. The van der Waals surface area contributed by atoms with Crippen LogP contribution in [-0.4, -0.2) is 25.7 Å². The summed E-state index contributed by atoms with van der Waals surface area (Å²) in [4.78, 5) is -0.0146. The number of nitrogens with zero attached hydrogens (tertiary/aromatic N) is 1. The van der Waals surface area contributed by atoms with Crippen LogP contribution < -0.4 is 10.0 Å². The highest BCUT2D eigenvalue weighted by Crippen LogP contribution is 2.30. The fourth-order valence-electron chi connectivity index (χ4n) is 2.07. The van der Waals surface area contributed by atoms with Crippen molar-refractivity contribution in [1.29, 1.82) is 0 Å². The standard InChI is InChI=1S/C11H13FN2O2S2/c1-7-5-14(18(15,16)6-7)10-3-2-8(12)4-9(10)11(13)17/h2-4,7H,5-6H2,1H3,(H2,13,17). The molecule has 2 rings (SSSR count). The van der Waals surface area contributed by atoms with E-state index in [0.717, 1.165) is 6.07 Å². The van der Waals surface area contributed by atoms with Crippen LogP contribution >= 0.6 is 12.2 Å². The van der Waals surface area contributed by atoms with Gasteiger partial charge in [0.15, 0.2) is 0 Å². The summed E-state index contributed by atoms with van der Waals surface area (Å²) < 4.78 is 38.4. The van der Waals surface area contributed by atoms with E-state index >= 15 is 0 Å². The van der Waals surface area contributed by atoms with Gasteiger partial charge in [-0.25, -0.2) is 12.8 Å². The number of hydrogen-bond donors (Lipinski definition) is 1. The lowest BCUT2D eigenvalue weighted by Crippen LogP contribution is -2.28. The Kier molecular flexibility index (Phi) is 3.29. The van der Waals surface area contributed by atoms with Crippen molar-refractivity contribution < 1.29 is 12.8 Å². The molecule has 1 fully saturated rings. The van der Waals surface area contributed by atoms with Crippen LogP contribution in [0.1, 0.15) is 12.5 Å². The van der Waals surface area contributed by atoms with Crippen molar-refractivity contribution in [3.63, 3.8) is 0 Å². The summed E-state index contributed by atoms with van der Waals surface area (Å²) in [6.45, 7) is 2.21. The predicted octanol–water partition coefficient (Wildman–Crippen LogP) is 1.25. The van der Waals surface area contributed by atoms with Gasteiger partial charge in [0.05, 0.1) is 11.4 Å². The zero-order chi connectivity index (χ0) is 13.5. The Morgan fingerprint density at radius 3 is 2.72 bits per heavy atom. The molecule has 1 aromatic rings. The number of halogens is 1. The maximum absolute atomic E-state index is 13.2. The van der Waals surface area contributed by atoms with Crippen molar-refractivity contribution in [1.82, 2.24) is 0 Å². The van der Waals surface area contributed by atoms with E-state index < -0.39 is 15.8 Å². The van der Waals surface area contributed by atoms with Crippen LogP contribution in [0, 0.1) is 11.7 Å². The average molecular weight is 288 g/mol. The Morgan fingerprint density at radius 1 is 1.56 bits per heavy atom. The molecule has 2 N–H and O–H groups in total. The molecule has 1 saturated heterocycles. The molecule has 0 aromatic heterocycles. The third-order valence-electron chi connectivity index (χ3n) is 2.80. The zero-order valence-corrected chi connectivity index (χ0v) is 11.4. The van der Waals surface area contributed by atoms with Crippen LogP contribution in [0.15, 0.2) is 18.2 Å². The van der Waals surface area contributed by atoms with Crippen molar-refractivity contribution >= 4 is 32.9 Å². The van der Waals surface area contributed by atoms with Gasteiger partial charge < -0.3 is 5.73 Å². The molecule has 98 valence electrons. The predicted molar refractivity (Wildman–Crippen MR) is 72.6 cm³/mol. The lowest BCUT2D eigenvalue weighted by atomic mass is 10.1. The monoisotopic (exact) mass is 288 g/mol. The Morgan fingerprint density at radius 2 is 2.22 bits per heavy atom. The Balaban J connectivity index is 2.55. The summed E-state index contributed by atoms with van der Waals surface area (Å²) in [6, 6.07) is 3.77. The van der Waals surface area contributed by atoms with Crippen molar-refractivity contribution in [3.8, 4) is 0 Å². The van der Waals surface area contributed by atoms with Gasteiger partial charge in [0, 0.05) is 12.1 Å². The molecule has 0 bridgehead atoms. The van der Waals surface area contributed by atoms with E-state index in [1.165, 1.54) is 16.4 Å². The molecular weight excluding hydrogens is 275 g/mol. The van der Waals surface area contributed by atoms with Gasteiger partial charge in [-0.3, -0.25) is 4.31 Å². The lowest BCUT2D eigenvalue weighted by Gasteiger charge is -2.20. The Labute approximate surface area is 111 Å². The number of benzene rings is 1. The van der Waals surface area contributed by atoms with Gasteiger partial charge in [-0.1, -0.05) is 19.1 Å². The fraction of sp³-hybridized carbons (Fsp3) is 0.364. The van der Waals surface area contributed by atoms with E-state index in [0.29, 0.717) is 12.2 Å². The van der Waals surface area contributed by atoms with Crippen LogP contribution in [0.5, 0.6) is 0 Å². The minimum absolute atomic E-state index is 0.0146. The summed E-state index contributed by atoms with van der Waals surface area (Å²) in [7, 11) is -3.36. The summed E-state index contributed by atoms with van der Waals surface area (Å²) in [5.41, 5.74) is 6.12. The van der Waals surface area contributed by atoms with Crippen molar-refractivity contribution in [2.24, 2.45) is 11.7 Å². The van der Waals surface area contributed by atoms with E-state index in [4.69, 9.17) is 18.0 Å². The summed E-state index contributed by atoms with van der Waals surface area (Å²) in [5, 5.41) is 0. The molecule has 7 heteroatoms. The first-order chi connectivity index (χ1) is 8.31. The van der Waals surface area contributed by atoms with Gasteiger partial charge in [0.2, 0.25) is 10.0 Å². The molecule has 0 aliphatic carbocycles. The van der Waals surface area contributed by atoms with E-state index in [1.54, 1.807) is 0 Å². The minimum atomic E-state index is -3.36. The first-order valence-electron chi connectivity index (χ1n) is 5.41. The third-order valence-corrected chi connectivity index (χ3v) is 5.03. The molecule has 1 heterocycles. The minimum Gasteiger partial charge on any atom is -0.389 e. The Hall–Kier alpha value is -1.21. The largest absolute Gasteiger partial charge is 0.389 e. The summed E-state index contributed by atoms with van der Waals surface area (Å²) in [5.74, 6) is -0.383. The molecule has 1 aromatic carbocycles. The Bertz CT molecular complexity index is 601. The first-order valence-corrected chi connectivity index (χ1v) is 7.43. The molecule has 18 heavy (non-hydrogen) atoms. The van der Waals surface area contributed by atoms with Gasteiger partial charge in [0.25, 0.3) is 0 Å². The summed E-state index contributed by atoms with van der Waals surface area (Å²) in [6.07, 6.45) is 0. The molecule has 0 amide bonds. The maximum Gasteiger partial charge on any atom is 0.235 e. The van der Waals surface area contributed by atoms with E-state index in [1.807, 2.05) is 6.92 Å². The summed E-state index contributed by atoms with van der Waals surface area (Å²) >= 11 is 4.84. The smallest absolute Gasteiger partial charge is 0.235 e. The van der Waals surface area contributed by atoms with E-state index in [2.05, 4.69) is 0 Å². The molecule has 1 aliphatic rings. The highest BCUT2D eigenvalue weighted by Gasteiger charge is 2.35. The third kappa shape index (κ3) is 2.32. The molecule has 4 nitrogen and oxygen atoms in total. The average Bonchev–Trinajstić information content (AvgIpc) is 2.51. The zero-order valence-electron chi connectivity index (χ0n) is 9.76. The lowest BCUT2D eigenvalue weighted by molar-refractivity contribution is 0.597. The van der Waals surface area contributed by atoms with E-state index in [9.17, 15) is 12.8 Å². The van der Waals surface area contributed by atoms with Gasteiger partial charge in [-0.2, -0.15) is 0 Å². The van der Waals surface area contributed by atoms with Crippen molar-refractivity contribution in [2.75, 3.05) is 16.6 Å². The van der Waals surface area contributed by atoms with Crippen LogP contribution in [0.2, 0.25) is 0 Å². The van der Waals surface area contributed by atoms with E-state index in [-0.39, 0.29) is 22.2 Å². The molecule has 0 radical (unpaired) electrons. The van der Waals surface area contributed by atoms with Gasteiger partial charge >= 0.3 is 0 Å². The second kappa shape index (κ2) is 4.47. The van der Waals surface area contributed by atoms with Crippen LogP contribution in [0.3, 0.4) is 0 Å². The second-order valence-corrected chi connectivity index (χ2v) is 6.82. The topological polar surface area (TPSA) is 63.4 Å². The quantitative estimate of drug-likeness (QED) is 0.832. The number of anilines is 1. The molecule has 0 spiro atoms. The van der Waals surface area contributed by atoms with Crippen LogP contribution in [0.4, 0.5) is 10.1 Å². The first kappa shape index (κ1) is 13.2.